The van der Waals surface area contributed by atoms with E-state index in [1.54, 1.807) is 0 Å². The molecule has 0 saturated heterocycles. The number of hydrogen-bond acceptors (Lipinski definition) is 5. The van der Waals surface area contributed by atoms with E-state index in [-0.39, 0.29) is 0 Å². The minimum atomic E-state index is 0.500. The summed E-state index contributed by atoms with van der Waals surface area (Å²) in [5.74, 6) is 7.66. The van der Waals surface area contributed by atoms with Gasteiger partial charge in [-0.25, -0.2) is 15.8 Å². The number of rotatable bonds is 5. The van der Waals surface area contributed by atoms with Gasteiger partial charge in [0, 0.05) is 19.2 Å². The summed E-state index contributed by atoms with van der Waals surface area (Å²) < 4.78 is 0. The van der Waals surface area contributed by atoms with E-state index in [4.69, 9.17) is 5.84 Å². The number of nitrogens with two attached hydrogens (primary N) is 1. The molecule has 0 amide bonds. The molecule has 0 unspecified atom stereocenters. The van der Waals surface area contributed by atoms with E-state index in [0.717, 1.165) is 24.5 Å². The second-order valence-corrected chi connectivity index (χ2v) is 3.88. The molecule has 0 aliphatic rings. The van der Waals surface area contributed by atoms with E-state index in [1.807, 2.05) is 13.0 Å². The molecule has 0 fully saturated rings. The number of nitrogens with one attached hydrogen (secondary N) is 1. The molecule has 0 aliphatic heterocycles. The predicted octanol–water partition coefficient (Wildman–Crippen LogP) is 1.70. The molecule has 1 aromatic rings. The average Bonchev–Trinajstić information content (AvgIpc) is 2.29. The van der Waals surface area contributed by atoms with Gasteiger partial charge in [-0.15, -0.1) is 0 Å². The molecule has 1 aromatic heterocycles. The normalized spacial score (nSPS) is 10.6. The predicted molar refractivity (Wildman–Crippen MR) is 67.4 cm³/mol. The largest absolute Gasteiger partial charge is 0.357 e. The fraction of sp³-hybridized carbons (Fsp3) is 0.636. The third-order valence-corrected chi connectivity index (χ3v) is 2.82. The molecule has 0 spiro atoms. The van der Waals surface area contributed by atoms with Crippen molar-refractivity contribution in [2.45, 2.75) is 39.7 Å². The summed E-state index contributed by atoms with van der Waals surface area (Å²) in [5, 5.41) is 0. The van der Waals surface area contributed by atoms with Crippen LogP contribution >= 0.6 is 0 Å². The summed E-state index contributed by atoms with van der Waals surface area (Å²) in [7, 11) is 2.06. The van der Waals surface area contributed by atoms with Crippen LogP contribution in [0.2, 0.25) is 0 Å². The zero-order valence-corrected chi connectivity index (χ0v) is 10.5. The Labute approximate surface area is 97.0 Å². The second-order valence-electron chi connectivity index (χ2n) is 3.88. The van der Waals surface area contributed by atoms with Crippen LogP contribution in [0.3, 0.4) is 0 Å². The highest BCUT2D eigenvalue weighted by Gasteiger charge is 2.13. The minimum absolute atomic E-state index is 0.500. The summed E-state index contributed by atoms with van der Waals surface area (Å²) in [6.45, 7) is 6.23. The van der Waals surface area contributed by atoms with Crippen LogP contribution < -0.4 is 16.2 Å². The molecule has 0 radical (unpaired) electrons. The standard InChI is InChI=1S/C11H21N5/c1-5-9(6-2)16(4)11-7-10(15-12)13-8(3)14-11/h7,9H,5-6,12H2,1-4H3,(H,13,14,15). The van der Waals surface area contributed by atoms with Gasteiger partial charge in [-0.2, -0.15) is 0 Å². The van der Waals surface area contributed by atoms with Crippen LogP contribution in [0.15, 0.2) is 6.07 Å². The van der Waals surface area contributed by atoms with Crippen LogP contribution in [-0.4, -0.2) is 23.1 Å². The van der Waals surface area contributed by atoms with Gasteiger partial charge in [-0.3, -0.25) is 0 Å². The van der Waals surface area contributed by atoms with Crippen LogP contribution in [0.4, 0.5) is 11.6 Å². The van der Waals surface area contributed by atoms with Crippen LogP contribution in [0.1, 0.15) is 32.5 Å². The SMILES string of the molecule is CCC(CC)N(C)c1cc(NN)nc(C)n1. The summed E-state index contributed by atoms with van der Waals surface area (Å²) in [6, 6.07) is 2.37. The Balaban J connectivity index is 2.97. The summed E-state index contributed by atoms with van der Waals surface area (Å²) in [4.78, 5) is 10.8. The lowest BCUT2D eigenvalue weighted by atomic mass is 10.1. The van der Waals surface area contributed by atoms with Gasteiger partial charge in [0.15, 0.2) is 0 Å². The van der Waals surface area contributed by atoms with Gasteiger partial charge in [-0.1, -0.05) is 13.8 Å². The Bertz CT molecular complexity index is 335. The molecule has 0 aromatic carbocycles. The number of hydrogen-bond donors (Lipinski definition) is 2. The smallest absolute Gasteiger partial charge is 0.145 e. The second kappa shape index (κ2) is 5.65. The van der Waals surface area contributed by atoms with Crippen LogP contribution in [0.25, 0.3) is 0 Å². The Morgan fingerprint density at radius 1 is 1.38 bits per heavy atom. The minimum Gasteiger partial charge on any atom is -0.357 e. The highest BCUT2D eigenvalue weighted by atomic mass is 15.3. The van der Waals surface area contributed by atoms with Crippen LogP contribution in [-0.2, 0) is 0 Å². The molecular weight excluding hydrogens is 202 g/mol. The monoisotopic (exact) mass is 223 g/mol. The number of anilines is 2. The number of nitrogen functional groups attached to an aromatic ring is 1. The molecule has 5 heteroatoms. The third kappa shape index (κ3) is 2.82. The summed E-state index contributed by atoms with van der Waals surface area (Å²) in [5.41, 5.74) is 2.56. The van der Waals surface area contributed by atoms with Gasteiger partial charge in [0.25, 0.3) is 0 Å². The molecular formula is C11H21N5. The highest BCUT2D eigenvalue weighted by Crippen LogP contribution is 2.18. The van der Waals surface area contributed by atoms with Gasteiger partial charge in [-0.05, 0) is 19.8 Å². The van der Waals surface area contributed by atoms with Crippen molar-refractivity contribution in [2.75, 3.05) is 17.4 Å². The summed E-state index contributed by atoms with van der Waals surface area (Å²) >= 11 is 0. The van der Waals surface area contributed by atoms with E-state index in [0.29, 0.717) is 11.9 Å². The van der Waals surface area contributed by atoms with Gasteiger partial charge in [0.1, 0.15) is 17.5 Å². The lowest BCUT2D eigenvalue weighted by Crippen LogP contribution is -2.31. The van der Waals surface area contributed by atoms with Crippen molar-refractivity contribution in [3.8, 4) is 0 Å². The van der Waals surface area contributed by atoms with Crippen molar-refractivity contribution >= 4 is 11.6 Å². The van der Waals surface area contributed by atoms with Gasteiger partial charge in [0.2, 0.25) is 0 Å². The number of aromatic nitrogens is 2. The maximum atomic E-state index is 5.37. The Morgan fingerprint density at radius 3 is 2.50 bits per heavy atom. The molecule has 0 atom stereocenters. The van der Waals surface area contributed by atoms with Crippen molar-refractivity contribution in [3.05, 3.63) is 11.9 Å². The first-order valence-corrected chi connectivity index (χ1v) is 5.67. The molecule has 90 valence electrons. The molecule has 1 heterocycles. The maximum absolute atomic E-state index is 5.37. The molecule has 0 bridgehead atoms. The van der Waals surface area contributed by atoms with Crippen LogP contribution in [0, 0.1) is 6.92 Å². The topological polar surface area (TPSA) is 67.1 Å². The van der Waals surface area contributed by atoms with Gasteiger partial charge >= 0.3 is 0 Å². The quantitative estimate of drug-likeness (QED) is 0.587. The third-order valence-electron chi connectivity index (χ3n) is 2.82. The van der Waals surface area contributed by atoms with Crippen molar-refractivity contribution in [2.24, 2.45) is 5.84 Å². The van der Waals surface area contributed by atoms with Gasteiger partial charge in [0.05, 0.1) is 0 Å². The molecule has 1 rings (SSSR count). The lowest BCUT2D eigenvalue weighted by Gasteiger charge is -2.27. The number of nitrogens with zero attached hydrogens (tertiary/aromatic N) is 3. The van der Waals surface area contributed by atoms with E-state index in [2.05, 4.69) is 41.2 Å². The fourth-order valence-corrected chi connectivity index (χ4v) is 1.83. The number of aryl methyl sites for hydroxylation is 1. The molecule has 0 aliphatic carbocycles. The maximum Gasteiger partial charge on any atom is 0.145 e. The average molecular weight is 223 g/mol. The molecule has 0 saturated carbocycles. The zero-order valence-electron chi connectivity index (χ0n) is 10.5. The van der Waals surface area contributed by atoms with E-state index < -0.39 is 0 Å². The first-order chi connectivity index (χ1) is 7.62. The Hall–Kier alpha value is -1.36. The van der Waals surface area contributed by atoms with Crippen molar-refractivity contribution in [1.82, 2.24) is 9.97 Å². The van der Waals surface area contributed by atoms with E-state index in [9.17, 15) is 0 Å². The first-order valence-electron chi connectivity index (χ1n) is 5.67. The Kier molecular flexibility index (Phi) is 4.49. The van der Waals surface area contributed by atoms with Crippen molar-refractivity contribution < 1.29 is 0 Å². The fourth-order valence-electron chi connectivity index (χ4n) is 1.83. The van der Waals surface area contributed by atoms with E-state index >= 15 is 0 Å². The van der Waals surface area contributed by atoms with Crippen molar-refractivity contribution in [1.29, 1.82) is 0 Å². The van der Waals surface area contributed by atoms with E-state index in [1.165, 1.54) is 0 Å². The Morgan fingerprint density at radius 2 is 2.00 bits per heavy atom. The highest BCUT2D eigenvalue weighted by molar-refractivity contribution is 5.48. The van der Waals surface area contributed by atoms with Crippen LogP contribution in [0.5, 0.6) is 0 Å². The van der Waals surface area contributed by atoms with Gasteiger partial charge < -0.3 is 10.3 Å². The molecule has 16 heavy (non-hydrogen) atoms. The summed E-state index contributed by atoms with van der Waals surface area (Å²) in [6.07, 6.45) is 2.20. The first kappa shape index (κ1) is 12.7. The molecule has 5 nitrogen and oxygen atoms in total. The van der Waals surface area contributed by atoms with Crippen molar-refractivity contribution in [3.63, 3.8) is 0 Å². The zero-order chi connectivity index (χ0) is 12.1. The number of hydrazine groups is 1. The lowest BCUT2D eigenvalue weighted by molar-refractivity contribution is 0.586. The molecule has 3 N–H and O–H groups in total.